The Balaban J connectivity index is 1.62. The Morgan fingerprint density at radius 1 is 1.27 bits per heavy atom. The van der Waals surface area contributed by atoms with Crippen molar-refractivity contribution < 1.29 is 19.1 Å². The van der Waals surface area contributed by atoms with Crippen LogP contribution in [0.2, 0.25) is 0 Å². The minimum absolute atomic E-state index is 0.00332. The van der Waals surface area contributed by atoms with Crippen molar-refractivity contribution in [2.45, 2.75) is 39.2 Å². The van der Waals surface area contributed by atoms with E-state index in [9.17, 15) is 9.59 Å². The number of amides is 3. The smallest absolute Gasteiger partial charge is 0.317 e. The number of fused-ring (bicyclic) bond motifs is 1. The van der Waals surface area contributed by atoms with Gasteiger partial charge in [0.25, 0.3) is 0 Å². The lowest BCUT2D eigenvalue weighted by Crippen LogP contribution is -2.46. The first-order valence-corrected chi connectivity index (χ1v) is 9.37. The number of hydrogen-bond acceptors (Lipinski definition) is 4. The molecule has 2 heterocycles. The van der Waals surface area contributed by atoms with Crippen LogP contribution in [0.3, 0.4) is 0 Å². The van der Waals surface area contributed by atoms with Crippen LogP contribution in [0.1, 0.15) is 33.1 Å². The summed E-state index contributed by atoms with van der Waals surface area (Å²) in [5.74, 6) is 1.36. The second-order valence-electron chi connectivity index (χ2n) is 6.62. The quantitative estimate of drug-likeness (QED) is 0.845. The normalized spacial score (nSPS) is 18.8. The number of carbonyl (C=O) groups is 2. The Hall–Kier alpha value is -2.44. The van der Waals surface area contributed by atoms with Crippen molar-refractivity contribution in [3.63, 3.8) is 0 Å². The third-order valence-electron chi connectivity index (χ3n) is 4.74. The topological polar surface area (TPSA) is 71.1 Å². The number of urea groups is 1. The Kier molecular flexibility index (Phi) is 5.85. The summed E-state index contributed by atoms with van der Waals surface area (Å²) in [5.41, 5.74) is 0.773. The lowest BCUT2D eigenvalue weighted by Gasteiger charge is -2.24. The molecular formula is C19H27N3O4. The summed E-state index contributed by atoms with van der Waals surface area (Å²) in [6, 6.07) is 5.24. The number of anilines is 1. The maximum atomic E-state index is 12.4. The van der Waals surface area contributed by atoms with E-state index in [1.54, 1.807) is 9.80 Å². The number of hydrogen-bond donors (Lipinski definition) is 1. The van der Waals surface area contributed by atoms with E-state index in [1.807, 2.05) is 25.1 Å². The van der Waals surface area contributed by atoms with Crippen molar-refractivity contribution in [3.05, 3.63) is 18.2 Å². The van der Waals surface area contributed by atoms with Crippen LogP contribution in [0.5, 0.6) is 11.5 Å². The zero-order valence-electron chi connectivity index (χ0n) is 15.5. The molecule has 1 saturated heterocycles. The number of carbonyl (C=O) groups excluding carboxylic acids is 2. The second-order valence-corrected chi connectivity index (χ2v) is 6.62. The summed E-state index contributed by atoms with van der Waals surface area (Å²) < 4.78 is 11.1. The first-order valence-electron chi connectivity index (χ1n) is 9.37. The highest BCUT2D eigenvalue weighted by atomic mass is 16.6. The molecule has 0 radical (unpaired) electrons. The van der Waals surface area contributed by atoms with Gasteiger partial charge in [-0.1, -0.05) is 13.3 Å². The molecule has 0 aliphatic carbocycles. The van der Waals surface area contributed by atoms with Gasteiger partial charge >= 0.3 is 6.03 Å². The van der Waals surface area contributed by atoms with E-state index in [-0.39, 0.29) is 18.0 Å². The lowest BCUT2D eigenvalue weighted by molar-refractivity contribution is -0.117. The molecule has 0 aromatic heterocycles. The molecule has 2 aliphatic heterocycles. The number of rotatable bonds is 6. The van der Waals surface area contributed by atoms with Crippen LogP contribution in [0.4, 0.5) is 10.5 Å². The summed E-state index contributed by atoms with van der Waals surface area (Å²) in [6.45, 7) is 6.99. The Bertz CT molecular complexity index is 664. The highest BCUT2D eigenvalue weighted by Crippen LogP contribution is 2.35. The van der Waals surface area contributed by atoms with Crippen LogP contribution in [0.25, 0.3) is 0 Å². The fourth-order valence-corrected chi connectivity index (χ4v) is 3.27. The van der Waals surface area contributed by atoms with Crippen LogP contribution in [0.15, 0.2) is 18.2 Å². The van der Waals surface area contributed by atoms with Gasteiger partial charge in [-0.15, -0.1) is 0 Å². The van der Waals surface area contributed by atoms with Gasteiger partial charge in [-0.2, -0.15) is 0 Å². The van der Waals surface area contributed by atoms with Crippen molar-refractivity contribution in [1.82, 2.24) is 10.2 Å². The van der Waals surface area contributed by atoms with Gasteiger partial charge in [-0.05, 0) is 25.5 Å². The molecule has 1 aromatic rings. The molecule has 1 aromatic carbocycles. The summed E-state index contributed by atoms with van der Waals surface area (Å²) in [7, 11) is 0. The van der Waals surface area contributed by atoms with E-state index >= 15 is 0 Å². The monoisotopic (exact) mass is 361 g/mol. The maximum Gasteiger partial charge on any atom is 0.317 e. The van der Waals surface area contributed by atoms with Gasteiger partial charge in [-0.3, -0.25) is 4.79 Å². The molecule has 2 aliphatic rings. The number of nitrogens with zero attached hydrogens (tertiary/aromatic N) is 2. The molecular weight excluding hydrogens is 334 g/mol. The fraction of sp³-hybridized carbons (Fsp3) is 0.579. The maximum absolute atomic E-state index is 12.4. The van der Waals surface area contributed by atoms with E-state index in [0.29, 0.717) is 44.2 Å². The van der Waals surface area contributed by atoms with E-state index in [0.717, 1.165) is 25.1 Å². The molecule has 26 heavy (non-hydrogen) atoms. The molecule has 3 rings (SSSR count). The van der Waals surface area contributed by atoms with Crippen LogP contribution in [0, 0.1) is 0 Å². The third kappa shape index (κ3) is 4.03. The number of unbranched alkanes of at least 4 members (excludes halogenated alkanes) is 1. The molecule has 1 fully saturated rings. The number of benzene rings is 1. The van der Waals surface area contributed by atoms with Crippen molar-refractivity contribution in [1.29, 1.82) is 0 Å². The minimum Gasteiger partial charge on any atom is -0.486 e. The fourth-order valence-electron chi connectivity index (χ4n) is 3.27. The summed E-state index contributed by atoms with van der Waals surface area (Å²) >= 11 is 0. The summed E-state index contributed by atoms with van der Waals surface area (Å²) in [6.07, 6.45) is 2.34. The standard InChI is InChI=1S/C19H27N3O4/c1-3-5-8-21(4-2)19(24)20-14-11-18(23)22(13-14)15-6-7-16-17(12-15)26-10-9-25-16/h6-7,12,14H,3-5,8-11,13H2,1-2H3,(H,20,24)/t14-/m0/s1. The largest absolute Gasteiger partial charge is 0.486 e. The van der Waals surface area contributed by atoms with Crippen molar-refractivity contribution >= 4 is 17.6 Å². The van der Waals surface area contributed by atoms with Gasteiger partial charge in [0.15, 0.2) is 11.5 Å². The van der Waals surface area contributed by atoms with E-state index in [2.05, 4.69) is 12.2 Å². The highest BCUT2D eigenvalue weighted by molar-refractivity contribution is 5.97. The van der Waals surface area contributed by atoms with Crippen LogP contribution in [-0.2, 0) is 4.79 Å². The Morgan fingerprint density at radius 2 is 2.04 bits per heavy atom. The second kappa shape index (κ2) is 8.29. The molecule has 0 unspecified atom stereocenters. The van der Waals surface area contributed by atoms with Gasteiger partial charge in [0.2, 0.25) is 5.91 Å². The van der Waals surface area contributed by atoms with Crippen molar-refractivity contribution in [2.24, 2.45) is 0 Å². The highest BCUT2D eigenvalue weighted by Gasteiger charge is 2.33. The van der Waals surface area contributed by atoms with Crippen LogP contribution in [-0.4, -0.2) is 55.7 Å². The molecule has 142 valence electrons. The van der Waals surface area contributed by atoms with E-state index in [4.69, 9.17) is 9.47 Å². The number of ether oxygens (including phenoxy) is 2. The predicted octanol–water partition coefficient (Wildman–Crippen LogP) is 2.39. The average Bonchev–Trinajstić information content (AvgIpc) is 3.02. The predicted molar refractivity (Wildman–Crippen MR) is 98.9 cm³/mol. The zero-order chi connectivity index (χ0) is 18.5. The first-order chi connectivity index (χ1) is 12.6. The van der Waals surface area contributed by atoms with E-state index < -0.39 is 0 Å². The molecule has 1 N–H and O–H groups in total. The van der Waals surface area contributed by atoms with Gasteiger partial charge in [0, 0.05) is 37.8 Å². The third-order valence-corrected chi connectivity index (χ3v) is 4.74. The first kappa shape index (κ1) is 18.4. The van der Waals surface area contributed by atoms with Gasteiger partial charge in [-0.25, -0.2) is 4.79 Å². The SMILES string of the molecule is CCCCN(CC)C(=O)N[C@H]1CC(=O)N(c2ccc3c(c2)OCCO3)C1. The van der Waals surface area contributed by atoms with Crippen LogP contribution >= 0.6 is 0 Å². The zero-order valence-corrected chi connectivity index (χ0v) is 15.5. The minimum atomic E-state index is -0.182. The molecule has 0 bridgehead atoms. The average molecular weight is 361 g/mol. The molecule has 3 amide bonds. The van der Waals surface area contributed by atoms with E-state index in [1.165, 1.54) is 0 Å². The van der Waals surface area contributed by atoms with Crippen molar-refractivity contribution in [2.75, 3.05) is 37.7 Å². The Morgan fingerprint density at radius 3 is 2.77 bits per heavy atom. The van der Waals surface area contributed by atoms with Gasteiger partial charge in [0.1, 0.15) is 13.2 Å². The van der Waals surface area contributed by atoms with Gasteiger partial charge in [0.05, 0.1) is 6.04 Å². The molecule has 0 spiro atoms. The van der Waals surface area contributed by atoms with Gasteiger partial charge < -0.3 is 24.6 Å². The summed E-state index contributed by atoms with van der Waals surface area (Å²) in [4.78, 5) is 28.4. The van der Waals surface area contributed by atoms with Crippen molar-refractivity contribution in [3.8, 4) is 11.5 Å². The molecule has 0 saturated carbocycles. The lowest BCUT2D eigenvalue weighted by atomic mass is 10.2. The Labute approximate surface area is 154 Å². The molecule has 7 nitrogen and oxygen atoms in total. The molecule has 7 heteroatoms. The van der Waals surface area contributed by atoms with Crippen LogP contribution < -0.4 is 19.7 Å². The molecule has 1 atom stereocenters. The summed E-state index contributed by atoms with van der Waals surface area (Å²) in [5, 5.41) is 3.00. The number of nitrogens with one attached hydrogen (secondary N) is 1.